The lowest BCUT2D eigenvalue weighted by molar-refractivity contribution is 0.171. The molecule has 0 unspecified atom stereocenters. The van der Waals surface area contributed by atoms with E-state index >= 15 is 0 Å². The van der Waals surface area contributed by atoms with E-state index in [9.17, 15) is 0 Å². The maximum absolute atomic E-state index is 5.99. The highest BCUT2D eigenvalue weighted by Crippen LogP contribution is 2.29. The minimum atomic E-state index is 0.350. The summed E-state index contributed by atoms with van der Waals surface area (Å²) in [4.78, 5) is 11.7. The Kier molecular flexibility index (Phi) is 4.81. The van der Waals surface area contributed by atoms with Gasteiger partial charge in [-0.3, -0.25) is 4.90 Å². The highest BCUT2D eigenvalue weighted by Gasteiger charge is 2.26. The molecule has 4 rings (SSSR count). The summed E-state index contributed by atoms with van der Waals surface area (Å²) in [5.74, 6) is 2.31. The van der Waals surface area contributed by atoms with Gasteiger partial charge < -0.3 is 13.7 Å². The summed E-state index contributed by atoms with van der Waals surface area (Å²) in [6, 6.07) is 7.99. The fraction of sp³-hybridized carbons (Fsp3) is 0.474. The van der Waals surface area contributed by atoms with Crippen molar-refractivity contribution in [3.8, 4) is 0 Å². The van der Waals surface area contributed by atoms with Gasteiger partial charge in [0.2, 0.25) is 0 Å². The van der Waals surface area contributed by atoms with Gasteiger partial charge in [-0.15, -0.1) is 0 Å². The van der Waals surface area contributed by atoms with E-state index < -0.39 is 0 Å². The fourth-order valence-corrected chi connectivity index (χ4v) is 3.55. The van der Waals surface area contributed by atoms with E-state index in [4.69, 9.17) is 14.1 Å². The van der Waals surface area contributed by atoms with Crippen molar-refractivity contribution in [2.75, 3.05) is 26.8 Å². The van der Waals surface area contributed by atoms with Crippen molar-refractivity contribution in [2.24, 2.45) is 0 Å². The fourth-order valence-electron chi connectivity index (χ4n) is 3.55. The number of rotatable bonds is 6. The van der Waals surface area contributed by atoms with E-state index in [2.05, 4.69) is 14.5 Å². The summed E-state index contributed by atoms with van der Waals surface area (Å²) >= 11 is 0. The molecular formula is C19H24N4O2. The van der Waals surface area contributed by atoms with Gasteiger partial charge in [-0.1, -0.05) is 12.1 Å². The molecular weight excluding hydrogens is 316 g/mol. The molecule has 0 amide bonds. The molecule has 0 N–H and O–H groups in total. The molecule has 2 aromatic heterocycles. The van der Waals surface area contributed by atoms with Crippen molar-refractivity contribution < 1.29 is 9.15 Å². The van der Waals surface area contributed by atoms with Crippen molar-refractivity contribution in [1.82, 2.24) is 19.4 Å². The molecule has 25 heavy (non-hydrogen) atoms. The summed E-state index contributed by atoms with van der Waals surface area (Å²) in [6.45, 7) is 4.45. The van der Waals surface area contributed by atoms with E-state index in [0.29, 0.717) is 12.5 Å². The van der Waals surface area contributed by atoms with E-state index in [1.54, 1.807) is 7.11 Å². The average Bonchev–Trinajstić information content (AvgIpc) is 3.26. The van der Waals surface area contributed by atoms with Crippen LogP contribution in [0.2, 0.25) is 0 Å². The maximum Gasteiger partial charge on any atom is 0.199 e. The Morgan fingerprint density at radius 3 is 3.12 bits per heavy atom. The van der Waals surface area contributed by atoms with Gasteiger partial charge in [0, 0.05) is 38.5 Å². The Labute approximate surface area is 147 Å². The highest BCUT2D eigenvalue weighted by molar-refractivity contribution is 5.72. The molecule has 0 radical (unpaired) electrons. The first kappa shape index (κ1) is 16.3. The van der Waals surface area contributed by atoms with Crippen LogP contribution in [0.3, 0.4) is 0 Å². The molecule has 0 saturated carbocycles. The van der Waals surface area contributed by atoms with Crippen molar-refractivity contribution in [3.63, 3.8) is 0 Å². The standard InChI is InChI=1S/C19H24N4O2/c1-24-12-11-23-10-8-20-18(23)14-22-9-4-5-15(13-22)19-21-16-6-2-3-7-17(16)25-19/h2-3,6-8,10,15H,4-5,9,11-14H2,1H3/t15-/m1/s1. The van der Waals surface area contributed by atoms with Crippen molar-refractivity contribution >= 4 is 11.1 Å². The van der Waals surface area contributed by atoms with Crippen LogP contribution in [-0.2, 0) is 17.8 Å². The zero-order valence-electron chi connectivity index (χ0n) is 14.6. The van der Waals surface area contributed by atoms with Crippen LogP contribution in [0.15, 0.2) is 41.1 Å². The first-order valence-corrected chi connectivity index (χ1v) is 8.90. The van der Waals surface area contributed by atoms with Crippen LogP contribution >= 0.6 is 0 Å². The maximum atomic E-state index is 5.99. The average molecular weight is 340 g/mol. The van der Waals surface area contributed by atoms with E-state index in [0.717, 1.165) is 61.8 Å². The van der Waals surface area contributed by atoms with Gasteiger partial charge in [-0.05, 0) is 31.5 Å². The van der Waals surface area contributed by atoms with Crippen LogP contribution in [0.1, 0.15) is 30.5 Å². The number of hydrogen-bond donors (Lipinski definition) is 0. The minimum Gasteiger partial charge on any atom is -0.440 e. The molecule has 3 heterocycles. The van der Waals surface area contributed by atoms with Crippen LogP contribution in [0.5, 0.6) is 0 Å². The largest absolute Gasteiger partial charge is 0.440 e. The van der Waals surface area contributed by atoms with Crippen LogP contribution in [-0.4, -0.2) is 46.2 Å². The van der Waals surface area contributed by atoms with Crippen molar-refractivity contribution in [2.45, 2.75) is 31.8 Å². The van der Waals surface area contributed by atoms with Crippen molar-refractivity contribution in [3.05, 3.63) is 48.4 Å². The van der Waals surface area contributed by atoms with Crippen LogP contribution in [0.4, 0.5) is 0 Å². The number of para-hydroxylation sites is 2. The van der Waals surface area contributed by atoms with E-state index in [1.807, 2.05) is 36.7 Å². The summed E-state index contributed by atoms with van der Waals surface area (Å²) in [5, 5.41) is 0. The molecule has 6 heteroatoms. The van der Waals surface area contributed by atoms with Gasteiger partial charge in [0.05, 0.1) is 13.2 Å². The molecule has 1 aliphatic rings. The van der Waals surface area contributed by atoms with Crippen LogP contribution in [0, 0.1) is 0 Å². The summed E-state index contributed by atoms with van der Waals surface area (Å²) in [6.07, 6.45) is 6.17. The topological polar surface area (TPSA) is 56.3 Å². The zero-order chi connectivity index (χ0) is 17.1. The first-order chi connectivity index (χ1) is 12.3. The van der Waals surface area contributed by atoms with Gasteiger partial charge >= 0.3 is 0 Å². The van der Waals surface area contributed by atoms with E-state index in [-0.39, 0.29) is 0 Å². The molecule has 1 fully saturated rings. The number of piperidine rings is 1. The molecule has 1 aromatic carbocycles. The molecule has 6 nitrogen and oxygen atoms in total. The van der Waals surface area contributed by atoms with Gasteiger partial charge in [-0.2, -0.15) is 0 Å². The zero-order valence-corrected chi connectivity index (χ0v) is 14.6. The first-order valence-electron chi connectivity index (χ1n) is 8.90. The number of aromatic nitrogens is 3. The number of oxazole rings is 1. The number of nitrogens with zero attached hydrogens (tertiary/aromatic N) is 4. The molecule has 0 aliphatic carbocycles. The third-order valence-corrected chi connectivity index (χ3v) is 4.87. The Bertz CT molecular complexity index is 793. The molecule has 0 spiro atoms. The quantitative estimate of drug-likeness (QED) is 0.690. The summed E-state index contributed by atoms with van der Waals surface area (Å²) in [5.41, 5.74) is 1.83. The van der Waals surface area contributed by atoms with Gasteiger partial charge in [0.25, 0.3) is 0 Å². The van der Waals surface area contributed by atoms with Gasteiger partial charge in [0.1, 0.15) is 11.3 Å². The molecule has 132 valence electrons. The second-order valence-corrected chi connectivity index (χ2v) is 6.62. The second-order valence-electron chi connectivity index (χ2n) is 6.62. The number of methoxy groups -OCH3 is 1. The normalized spacial score (nSPS) is 18.8. The lowest BCUT2D eigenvalue weighted by Crippen LogP contribution is -2.35. The number of ether oxygens (including phenoxy) is 1. The Morgan fingerprint density at radius 2 is 2.24 bits per heavy atom. The molecule has 3 aromatic rings. The third kappa shape index (κ3) is 3.60. The van der Waals surface area contributed by atoms with Crippen LogP contribution in [0.25, 0.3) is 11.1 Å². The SMILES string of the molecule is COCCn1ccnc1CN1CCC[C@@H](c2nc3ccccc3o2)C1. The number of fused-ring (bicyclic) bond motifs is 1. The highest BCUT2D eigenvalue weighted by atomic mass is 16.5. The lowest BCUT2D eigenvalue weighted by atomic mass is 9.98. The Hall–Kier alpha value is -2.18. The van der Waals surface area contributed by atoms with Crippen molar-refractivity contribution in [1.29, 1.82) is 0 Å². The monoisotopic (exact) mass is 340 g/mol. The number of likely N-dealkylation sites (tertiary alicyclic amines) is 1. The molecule has 1 aliphatic heterocycles. The lowest BCUT2D eigenvalue weighted by Gasteiger charge is -2.31. The molecule has 1 saturated heterocycles. The summed E-state index contributed by atoms with van der Waals surface area (Å²) < 4.78 is 13.3. The van der Waals surface area contributed by atoms with E-state index in [1.165, 1.54) is 0 Å². The van der Waals surface area contributed by atoms with Crippen LogP contribution < -0.4 is 0 Å². The molecule has 1 atom stereocenters. The molecule has 0 bridgehead atoms. The Morgan fingerprint density at radius 1 is 1.32 bits per heavy atom. The Balaban J connectivity index is 1.45. The number of hydrogen-bond acceptors (Lipinski definition) is 5. The van der Waals surface area contributed by atoms with Gasteiger partial charge in [0.15, 0.2) is 11.5 Å². The number of benzene rings is 1. The summed E-state index contributed by atoms with van der Waals surface area (Å²) in [7, 11) is 1.73. The second kappa shape index (κ2) is 7.37. The minimum absolute atomic E-state index is 0.350. The van der Waals surface area contributed by atoms with Gasteiger partial charge in [-0.25, -0.2) is 9.97 Å². The predicted molar refractivity (Wildman–Crippen MR) is 95.4 cm³/mol. The number of imidazole rings is 1. The third-order valence-electron chi connectivity index (χ3n) is 4.87. The smallest absolute Gasteiger partial charge is 0.199 e. The predicted octanol–water partition coefficient (Wildman–Crippen LogP) is 3.05.